The van der Waals surface area contributed by atoms with Crippen LogP contribution in [0.1, 0.15) is 16.7 Å². The Morgan fingerprint density at radius 2 is 1.20 bits per heavy atom. The third kappa shape index (κ3) is 8.24. The predicted octanol–water partition coefficient (Wildman–Crippen LogP) is 4.23. The number of benzene rings is 3. The van der Waals surface area contributed by atoms with Crippen LogP contribution in [0, 0.1) is 5.82 Å². The third-order valence-corrected chi connectivity index (χ3v) is 4.34. The molecule has 30 heavy (non-hydrogen) atoms. The van der Waals surface area contributed by atoms with Gasteiger partial charge in [0.2, 0.25) is 0 Å². The number of halogens is 1. The van der Waals surface area contributed by atoms with Crippen LogP contribution in [-0.2, 0) is 29.1 Å². The molecule has 0 aliphatic heterocycles. The van der Waals surface area contributed by atoms with Gasteiger partial charge in [-0.3, -0.25) is 4.90 Å². The van der Waals surface area contributed by atoms with Gasteiger partial charge in [0, 0.05) is 25.2 Å². The number of hydrogen-bond donors (Lipinski definition) is 2. The minimum absolute atomic E-state index is 0.129. The van der Waals surface area contributed by atoms with Gasteiger partial charge in [0.25, 0.3) is 0 Å². The van der Waals surface area contributed by atoms with Crippen molar-refractivity contribution in [1.82, 2.24) is 4.90 Å². The fraction of sp³-hybridized carbons (Fsp3) is 0.167. The first-order valence-corrected chi connectivity index (χ1v) is 9.45. The van der Waals surface area contributed by atoms with Crippen molar-refractivity contribution < 1.29 is 24.2 Å². The van der Waals surface area contributed by atoms with E-state index in [-0.39, 0.29) is 5.82 Å². The maximum Gasteiger partial charge on any atom is 0.414 e. The first kappa shape index (κ1) is 22.8. The molecule has 0 aromatic heterocycles. The molecule has 0 saturated carbocycles. The van der Waals surface area contributed by atoms with Gasteiger partial charge in [-0.25, -0.2) is 14.0 Å². The van der Waals surface area contributed by atoms with Gasteiger partial charge in [0.1, 0.15) is 5.82 Å². The van der Waals surface area contributed by atoms with Gasteiger partial charge < -0.3 is 10.2 Å². The van der Waals surface area contributed by atoms with Crippen molar-refractivity contribution in [3.05, 3.63) is 107 Å². The van der Waals surface area contributed by atoms with Crippen LogP contribution in [0.25, 0.3) is 0 Å². The van der Waals surface area contributed by atoms with E-state index < -0.39 is 11.9 Å². The van der Waals surface area contributed by atoms with Gasteiger partial charge in [0.15, 0.2) is 0 Å². The lowest BCUT2D eigenvalue weighted by Gasteiger charge is -2.23. The lowest BCUT2D eigenvalue weighted by Crippen LogP contribution is -2.25. The van der Waals surface area contributed by atoms with Gasteiger partial charge in [-0.1, -0.05) is 78.9 Å². The molecule has 3 aromatic rings. The molecule has 0 atom stereocenters. The Morgan fingerprint density at radius 1 is 0.700 bits per heavy atom. The van der Waals surface area contributed by atoms with Crippen LogP contribution in [0.15, 0.2) is 84.9 Å². The lowest BCUT2D eigenvalue weighted by molar-refractivity contribution is -0.159. The molecular weight excluding hydrogens is 385 g/mol. The summed E-state index contributed by atoms with van der Waals surface area (Å²) in [6.45, 7) is 2.34. The Kier molecular flexibility index (Phi) is 9.21. The molecule has 156 valence electrons. The molecule has 0 aliphatic rings. The van der Waals surface area contributed by atoms with Gasteiger partial charge in [0.05, 0.1) is 0 Å². The Labute approximate surface area is 175 Å². The van der Waals surface area contributed by atoms with Crippen LogP contribution in [0.3, 0.4) is 0 Å². The molecule has 0 unspecified atom stereocenters. The highest BCUT2D eigenvalue weighted by Crippen LogP contribution is 2.14. The first-order chi connectivity index (χ1) is 14.5. The highest BCUT2D eigenvalue weighted by atomic mass is 19.1. The molecule has 0 heterocycles. The Balaban J connectivity index is 0.000000469. The predicted molar refractivity (Wildman–Crippen MR) is 112 cm³/mol. The quantitative estimate of drug-likeness (QED) is 0.571. The van der Waals surface area contributed by atoms with Crippen LogP contribution in [0.4, 0.5) is 4.39 Å². The number of aliphatic carboxylic acids is 2. The molecule has 3 rings (SSSR count). The van der Waals surface area contributed by atoms with E-state index in [2.05, 4.69) is 41.3 Å². The fourth-order valence-corrected chi connectivity index (χ4v) is 2.86. The van der Waals surface area contributed by atoms with Gasteiger partial charge in [-0.2, -0.15) is 0 Å². The normalized spacial score (nSPS) is 10.2. The Bertz CT molecular complexity index is 920. The van der Waals surface area contributed by atoms with Crippen molar-refractivity contribution in [2.24, 2.45) is 0 Å². The molecule has 0 spiro atoms. The SMILES string of the molecule is Fc1ccccc1CN(CCc1ccccc1)Cc1ccccc1.O=C(O)C(=O)O. The van der Waals surface area contributed by atoms with Gasteiger partial charge in [-0.05, 0) is 23.6 Å². The topological polar surface area (TPSA) is 77.8 Å². The van der Waals surface area contributed by atoms with Crippen LogP contribution in [-0.4, -0.2) is 33.6 Å². The summed E-state index contributed by atoms with van der Waals surface area (Å²) in [6, 6.07) is 27.9. The van der Waals surface area contributed by atoms with Crippen molar-refractivity contribution in [2.45, 2.75) is 19.5 Å². The number of hydrogen-bond acceptors (Lipinski definition) is 3. The smallest absolute Gasteiger partial charge is 0.414 e. The highest BCUT2D eigenvalue weighted by Gasteiger charge is 2.10. The molecule has 0 fully saturated rings. The van der Waals surface area contributed by atoms with Crippen LogP contribution in [0.5, 0.6) is 0 Å². The Morgan fingerprint density at radius 3 is 1.73 bits per heavy atom. The zero-order chi connectivity index (χ0) is 21.8. The summed E-state index contributed by atoms with van der Waals surface area (Å²) >= 11 is 0. The summed E-state index contributed by atoms with van der Waals surface area (Å²) < 4.78 is 14.0. The highest BCUT2D eigenvalue weighted by molar-refractivity contribution is 6.27. The van der Waals surface area contributed by atoms with E-state index in [9.17, 15) is 4.39 Å². The van der Waals surface area contributed by atoms with E-state index in [1.165, 1.54) is 17.2 Å². The lowest BCUT2D eigenvalue weighted by atomic mass is 10.1. The van der Waals surface area contributed by atoms with E-state index >= 15 is 0 Å². The van der Waals surface area contributed by atoms with Crippen LogP contribution in [0.2, 0.25) is 0 Å². The monoisotopic (exact) mass is 409 g/mol. The number of carboxylic acids is 2. The Hall–Kier alpha value is -3.51. The molecular formula is C24H24FNO4. The molecule has 0 saturated heterocycles. The molecule has 2 N–H and O–H groups in total. The van der Waals surface area contributed by atoms with Crippen molar-refractivity contribution in [1.29, 1.82) is 0 Å². The zero-order valence-corrected chi connectivity index (χ0v) is 16.4. The van der Waals surface area contributed by atoms with E-state index in [0.29, 0.717) is 6.54 Å². The van der Waals surface area contributed by atoms with E-state index in [1.807, 2.05) is 36.4 Å². The summed E-state index contributed by atoms with van der Waals surface area (Å²) in [7, 11) is 0. The number of carbonyl (C=O) groups is 2. The average Bonchev–Trinajstić information content (AvgIpc) is 2.75. The minimum Gasteiger partial charge on any atom is -0.473 e. The van der Waals surface area contributed by atoms with E-state index in [4.69, 9.17) is 19.8 Å². The maximum absolute atomic E-state index is 14.0. The summed E-state index contributed by atoms with van der Waals surface area (Å²) in [5.74, 6) is -3.78. The summed E-state index contributed by atoms with van der Waals surface area (Å²) in [6.07, 6.45) is 0.960. The minimum atomic E-state index is -1.82. The van der Waals surface area contributed by atoms with E-state index in [0.717, 1.165) is 25.1 Å². The van der Waals surface area contributed by atoms with Crippen LogP contribution >= 0.6 is 0 Å². The standard InChI is InChI=1S/C22H22FN.C2H2O4/c23-22-14-8-7-13-21(22)18-24(17-20-11-5-2-6-12-20)16-15-19-9-3-1-4-10-19;3-1(4)2(5)6/h1-14H,15-18H2;(H,3,4)(H,5,6). The number of nitrogens with zero attached hydrogens (tertiary/aromatic N) is 1. The molecule has 6 heteroatoms. The van der Waals surface area contributed by atoms with Crippen LogP contribution < -0.4 is 0 Å². The number of carboxylic acid groups (broad SMARTS) is 2. The maximum atomic E-state index is 14.0. The molecule has 0 aliphatic carbocycles. The second kappa shape index (κ2) is 12.1. The van der Waals surface area contributed by atoms with Crippen molar-refractivity contribution >= 4 is 11.9 Å². The van der Waals surface area contributed by atoms with Gasteiger partial charge in [-0.15, -0.1) is 0 Å². The largest absolute Gasteiger partial charge is 0.473 e. The molecule has 5 nitrogen and oxygen atoms in total. The molecule has 0 bridgehead atoms. The third-order valence-electron chi connectivity index (χ3n) is 4.34. The summed E-state index contributed by atoms with van der Waals surface area (Å²) in [5.41, 5.74) is 3.31. The molecule has 0 amide bonds. The second-order valence-electron chi connectivity index (χ2n) is 6.63. The van der Waals surface area contributed by atoms with Crippen molar-refractivity contribution in [2.75, 3.05) is 6.54 Å². The molecule has 3 aromatic carbocycles. The summed E-state index contributed by atoms with van der Waals surface area (Å²) in [5, 5.41) is 14.8. The molecule has 0 radical (unpaired) electrons. The van der Waals surface area contributed by atoms with E-state index in [1.54, 1.807) is 6.07 Å². The van der Waals surface area contributed by atoms with Crippen molar-refractivity contribution in [3.63, 3.8) is 0 Å². The summed E-state index contributed by atoms with van der Waals surface area (Å²) in [4.78, 5) is 20.5. The van der Waals surface area contributed by atoms with Crippen molar-refractivity contribution in [3.8, 4) is 0 Å². The number of rotatable bonds is 7. The first-order valence-electron chi connectivity index (χ1n) is 9.45. The zero-order valence-electron chi connectivity index (χ0n) is 16.4. The second-order valence-corrected chi connectivity index (χ2v) is 6.63. The average molecular weight is 409 g/mol. The van der Waals surface area contributed by atoms with Gasteiger partial charge >= 0.3 is 11.9 Å². The fourth-order valence-electron chi connectivity index (χ4n) is 2.86.